The lowest BCUT2D eigenvalue weighted by molar-refractivity contribution is -0.120. The summed E-state index contributed by atoms with van der Waals surface area (Å²) in [6.45, 7) is 0. The number of nitrogens with zero attached hydrogens (tertiary/aromatic N) is 3. The molecule has 0 radical (unpaired) electrons. The lowest BCUT2D eigenvalue weighted by Crippen LogP contribution is -2.28. The molecule has 0 aromatic carbocycles. The van der Waals surface area contributed by atoms with Gasteiger partial charge < -0.3 is 10.3 Å². The Morgan fingerprint density at radius 1 is 1.32 bits per heavy atom. The first-order chi connectivity index (χ1) is 12.1. The van der Waals surface area contributed by atoms with Crippen LogP contribution in [0.15, 0.2) is 24.7 Å². The molecule has 4 rings (SSSR count). The topological polar surface area (TPSA) is 83.6 Å². The van der Waals surface area contributed by atoms with Crippen molar-refractivity contribution in [3.8, 4) is 11.4 Å². The molecule has 0 aliphatic heterocycles. The van der Waals surface area contributed by atoms with Crippen molar-refractivity contribution in [3.63, 3.8) is 0 Å². The number of fused-ring (bicyclic) bond motifs is 1. The highest BCUT2D eigenvalue weighted by atomic mass is 35.5. The Morgan fingerprint density at radius 3 is 3.04 bits per heavy atom. The van der Waals surface area contributed by atoms with E-state index in [0.29, 0.717) is 34.9 Å². The Labute approximate surface area is 147 Å². The van der Waals surface area contributed by atoms with Crippen molar-refractivity contribution in [2.24, 2.45) is 0 Å². The largest absolute Gasteiger partial charge is 0.364 e. The number of carbonyl (C=O) groups excluding carboxylic acids is 1. The SMILES string of the molecule is O=C1CCCC(Nc2nc(-c3c[nH]c4ncc(Cl)cc34)ncc2F)C1. The molecule has 1 aliphatic carbocycles. The highest BCUT2D eigenvalue weighted by Gasteiger charge is 2.21. The van der Waals surface area contributed by atoms with E-state index in [1.165, 1.54) is 0 Å². The number of Topliss-reactive ketones (excluding diaryl/α,β-unsaturated/α-hetero) is 1. The van der Waals surface area contributed by atoms with Crippen molar-refractivity contribution in [1.82, 2.24) is 19.9 Å². The first-order valence-electron chi connectivity index (χ1n) is 8.04. The Morgan fingerprint density at radius 2 is 2.20 bits per heavy atom. The zero-order valence-electron chi connectivity index (χ0n) is 13.2. The van der Waals surface area contributed by atoms with Crippen LogP contribution < -0.4 is 5.32 Å². The number of H-pyrrole nitrogens is 1. The van der Waals surface area contributed by atoms with E-state index in [0.717, 1.165) is 24.4 Å². The molecule has 2 N–H and O–H groups in total. The summed E-state index contributed by atoms with van der Waals surface area (Å²) < 4.78 is 14.1. The van der Waals surface area contributed by atoms with Crippen LogP contribution >= 0.6 is 11.6 Å². The van der Waals surface area contributed by atoms with Gasteiger partial charge in [0.15, 0.2) is 17.5 Å². The Balaban J connectivity index is 1.69. The monoisotopic (exact) mass is 359 g/mol. The standard InChI is InChI=1S/C17H15ClFN5O/c18-9-4-12-13(7-21-15(12)20-6-9)16-22-8-14(19)17(24-16)23-10-2-1-3-11(25)5-10/h4,6-8,10H,1-3,5H2,(H,20,21)(H,22,23,24). The second-order valence-corrected chi connectivity index (χ2v) is 6.55. The number of aromatic nitrogens is 4. The molecule has 0 bridgehead atoms. The normalized spacial score (nSPS) is 17.8. The second-order valence-electron chi connectivity index (χ2n) is 6.12. The maximum absolute atomic E-state index is 14.1. The number of hydrogen-bond donors (Lipinski definition) is 2. The number of carbonyl (C=O) groups is 1. The summed E-state index contributed by atoms with van der Waals surface area (Å²) >= 11 is 6.01. The van der Waals surface area contributed by atoms with Crippen LogP contribution in [0.4, 0.5) is 10.2 Å². The fraction of sp³-hybridized carbons (Fsp3) is 0.294. The third-order valence-electron chi connectivity index (χ3n) is 4.31. The lowest BCUT2D eigenvalue weighted by atomic mass is 9.94. The number of pyridine rings is 1. The zero-order valence-corrected chi connectivity index (χ0v) is 14.0. The third kappa shape index (κ3) is 3.19. The number of rotatable bonds is 3. The summed E-state index contributed by atoms with van der Waals surface area (Å²) in [4.78, 5) is 27.2. The smallest absolute Gasteiger partial charge is 0.183 e. The van der Waals surface area contributed by atoms with E-state index in [1.54, 1.807) is 18.5 Å². The zero-order chi connectivity index (χ0) is 17.4. The first-order valence-corrected chi connectivity index (χ1v) is 8.42. The number of anilines is 1. The van der Waals surface area contributed by atoms with Crippen molar-refractivity contribution < 1.29 is 9.18 Å². The molecular weight excluding hydrogens is 345 g/mol. The van der Waals surface area contributed by atoms with Crippen LogP contribution in [0.2, 0.25) is 5.02 Å². The van der Waals surface area contributed by atoms with Gasteiger partial charge in [-0.25, -0.2) is 19.3 Å². The van der Waals surface area contributed by atoms with Crippen LogP contribution in [0.3, 0.4) is 0 Å². The molecule has 1 saturated carbocycles. The van der Waals surface area contributed by atoms with Gasteiger partial charge in [-0.2, -0.15) is 0 Å². The summed E-state index contributed by atoms with van der Waals surface area (Å²) in [7, 11) is 0. The summed E-state index contributed by atoms with van der Waals surface area (Å²) in [5.41, 5.74) is 1.34. The van der Waals surface area contributed by atoms with Gasteiger partial charge >= 0.3 is 0 Å². The minimum Gasteiger partial charge on any atom is -0.364 e. The average Bonchev–Trinajstić information content (AvgIpc) is 3.00. The van der Waals surface area contributed by atoms with Gasteiger partial charge in [0, 0.05) is 42.2 Å². The van der Waals surface area contributed by atoms with Gasteiger partial charge in [-0.1, -0.05) is 11.6 Å². The minimum atomic E-state index is -0.544. The molecule has 8 heteroatoms. The van der Waals surface area contributed by atoms with Gasteiger partial charge in [0.2, 0.25) is 0 Å². The quantitative estimate of drug-likeness (QED) is 0.744. The number of halogens is 2. The van der Waals surface area contributed by atoms with Gasteiger partial charge in [0.1, 0.15) is 11.4 Å². The van der Waals surface area contributed by atoms with Gasteiger partial charge in [-0.15, -0.1) is 0 Å². The highest BCUT2D eigenvalue weighted by Crippen LogP contribution is 2.28. The summed E-state index contributed by atoms with van der Waals surface area (Å²) in [5.74, 6) is 0.115. The number of nitrogens with one attached hydrogen (secondary N) is 2. The number of hydrogen-bond acceptors (Lipinski definition) is 5. The molecule has 1 atom stereocenters. The minimum absolute atomic E-state index is 0.0995. The molecule has 3 heterocycles. The van der Waals surface area contributed by atoms with Crippen LogP contribution in [-0.4, -0.2) is 31.8 Å². The molecule has 1 aliphatic rings. The van der Waals surface area contributed by atoms with E-state index in [4.69, 9.17) is 11.6 Å². The number of aromatic amines is 1. The highest BCUT2D eigenvalue weighted by molar-refractivity contribution is 6.31. The average molecular weight is 360 g/mol. The molecule has 0 saturated heterocycles. The molecule has 1 fully saturated rings. The van der Waals surface area contributed by atoms with Gasteiger partial charge in [-0.05, 0) is 18.9 Å². The van der Waals surface area contributed by atoms with Crippen LogP contribution in [0, 0.1) is 5.82 Å². The molecule has 6 nitrogen and oxygen atoms in total. The molecule has 25 heavy (non-hydrogen) atoms. The molecular formula is C17H15ClFN5O. The van der Waals surface area contributed by atoms with E-state index in [9.17, 15) is 9.18 Å². The van der Waals surface area contributed by atoms with Crippen molar-refractivity contribution in [2.75, 3.05) is 5.32 Å². The predicted octanol–water partition coefficient (Wildman–Crippen LogP) is 3.74. The Kier molecular flexibility index (Phi) is 4.09. The van der Waals surface area contributed by atoms with Crippen LogP contribution in [-0.2, 0) is 4.79 Å². The third-order valence-corrected chi connectivity index (χ3v) is 4.51. The first kappa shape index (κ1) is 16.0. The molecule has 3 aromatic heterocycles. The van der Waals surface area contributed by atoms with E-state index in [1.807, 2.05) is 0 Å². The lowest BCUT2D eigenvalue weighted by Gasteiger charge is -2.22. The maximum atomic E-state index is 14.1. The predicted molar refractivity (Wildman–Crippen MR) is 93.0 cm³/mol. The van der Waals surface area contributed by atoms with Gasteiger partial charge in [0.05, 0.1) is 11.2 Å². The van der Waals surface area contributed by atoms with E-state index in [-0.39, 0.29) is 17.6 Å². The molecule has 0 amide bonds. The number of ketones is 1. The van der Waals surface area contributed by atoms with Crippen LogP contribution in [0.5, 0.6) is 0 Å². The molecule has 128 valence electrons. The van der Waals surface area contributed by atoms with Crippen LogP contribution in [0.1, 0.15) is 25.7 Å². The fourth-order valence-electron chi connectivity index (χ4n) is 3.10. The van der Waals surface area contributed by atoms with Crippen molar-refractivity contribution in [2.45, 2.75) is 31.7 Å². The second kappa shape index (κ2) is 6.40. The summed E-state index contributed by atoms with van der Waals surface area (Å²) in [6.07, 6.45) is 7.01. The van der Waals surface area contributed by atoms with E-state index < -0.39 is 5.82 Å². The van der Waals surface area contributed by atoms with E-state index >= 15 is 0 Å². The summed E-state index contributed by atoms with van der Waals surface area (Å²) in [5, 5.41) is 4.30. The molecule has 0 spiro atoms. The van der Waals surface area contributed by atoms with E-state index in [2.05, 4.69) is 25.3 Å². The Hall–Kier alpha value is -2.54. The Bertz CT molecular complexity index is 957. The van der Waals surface area contributed by atoms with Crippen LogP contribution in [0.25, 0.3) is 22.4 Å². The van der Waals surface area contributed by atoms with Gasteiger partial charge in [0.25, 0.3) is 0 Å². The van der Waals surface area contributed by atoms with Crippen molar-refractivity contribution in [1.29, 1.82) is 0 Å². The van der Waals surface area contributed by atoms with Crippen molar-refractivity contribution in [3.05, 3.63) is 35.5 Å². The van der Waals surface area contributed by atoms with Crippen molar-refractivity contribution >= 4 is 34.2 Å². The fourth-order valence-corrected chi connectivity index (χ4v) is 3.26. The molecule has 3 aromatic rings. The summed E-state index contributed by atoms with van der Waals surface area (Å²) in [6, 6.07) is 1.66. The molecule has 1 unspecified atom stereocenters. The van der Waals surface area contributed by atoms with Gasteiger partial charge in [-0.3, -0.25) is 4.79 Å². The maximum Gasteiger partial charge on any atom is 0.183 e.